The molecule has 4 rings (SSSR count). The van der Waals surface area contributed by atoms with Crippen molar-refractivity contribution in [3.63, 3.8) is 0 Å². The van der Waals surface area contributed by atoms with Crippen LogP contribution in [0.5, 0.6) is 5.75 Å². The van der Waals surface area contributed by atoms with Crippen LogP contribution in [-0.2, 0) is 6.54 Å². The molecule has 0 radical (unpaired) electrons. The highest BCUT2D eigenvalue weighted by atomic mass is 32.1. The Kier molecular flexibility index (Phi) is 5.81. The summed E-state index contributed by atoms with van der Waals surface area (Å²) in [6.07, 6.45) is 1.84. The molecule has 2 heterocycles. The molecule has 6 nitrogen and oxygen atoms in total. The molecular formula is C23H24N4O2S. The number of fused-ring (bicyclic) bond motifs is 1. The van der Waals surface area contributed by atoms with Crippen molar-refractivity contribution in [2.45, 2.75) is 33.4 Å². The monoisotopic (exact) mass is 420 g/mol. The summed E-state index contributed by atoms with van der Waals surface area (Å²) in [4.78, 5) is 19.9. The lowest BCUT2D eigenvalue weighted by molar-refractivity contribution is 0.0979. The molecule has 1 amide bonds. The van der Waals surface area contributed by atoms with Crippen molar-refractivity contribution in [1.29, 1.82) is 0 Å². The van der Waals surface area contributed by atoms with Gasteiger partial charge in [-0.25, -0.2) is 4.98 Å². The van der Waals surface area contributed by atoms with E-state index in [0.717, 1.165) is 21.5 Å². The van der Waals surface area contributed by atoms with Gasteiger partial charge in [0.15, 0.2) is 10.8 Å². The van der Waals surface area contributed by atoms with Gasteiger partial charge in [-0.1, -0.05) is 47.7 Å². The average Bonchev–Trinajstić information content (AvgIpc) is 3.40. The topological polar surface area (TPSA) is 60.2 Å². The van der Waals surface area contributed by atoms with Crippen LogP contribution in [0.2, 0.25) is 0 Å². The van der Waals surface area contributed by atoms with Crippen molar-refractivity contribution >= 4 is 32.6 Å². The van der Waals surface area contributed by atoms with E-state index in [1.54, 1.807) is 15.6 Å². The minimum absolute atomic E-state index is 0.171. The molecule has 0 spiro atoms. The molecular weight excluding hydrogens is 396 g/mol. The maximum absolute atomic E-state index is 13.5. The Morgan fingerprint density at radius 3 is 2.63 bits per heavy atom. The second-order valence-corrected chi connectivity index (χ2v) is 8.19. The van der Waals surface area contributed by atoms with E-state index in [1.807, 2.05) is 75.5 Å². The molecule has 30 heavy (non-hydrogen) atoms. The van der Waals surface area contributed by atoms with Gasteiger partial charge in [-0.2, -0.15) is 5.10 Å². The summed E-state index contributed by atoms with van der Waals surface area (Å²) in [6.45, 7) is 6.99. The van der Waals surface area contributed by atoms with Crippen LogP contribution in [-0.4, -0.2) is 27.3 Å². The van der Waals surface area contributed by atoms with Crippen LogP contribution in [0.15, 0.2) is 60.8 Å². The molecule has 7 heteroatoms. The zero-order valence-corrected chi connectivity index (χ0v) is 18.1. The predicted octanol–water partition coefficient (Wildman–Crippen LogP) is 5.32. The van der Waals surface area contributed by atoms with Gasteiger partial charge in [-0.05, 0) is 44.5 Å². The van der Waals surface area contributed by atoms with E-state index in [0.29, 0.717) is 24.0 Å². The molecule has 4 aromatic rings. The third-order valence-electron chi connectivity index (χ3n) is 4.69. The Bertz CT molecular complexity index is 1150. The van der Waals surface area contributed by atoms with Gasteiger partial charge in [0.2, 0.25) is 0 Å². The fraction of sp³-hybridized carbons (Fsp3) is 0.261. The Hall–Kier alpha value is -3.19. The SMILES string of the molecule is CCOc1cccc2sc(N(Cc3ccccc3)C(=O)c3ccn(C(C)C)n3)nc12. The largest absolute Gasteiger partial charge is 0.492 e. The summed E-state index contributed by atoms with van der Waals surface area (Å²) < 4.78 is 8.50. The number of amides is 1. The standard InChI is InChI=1S/C23H24N4O2S/c1-4-29-19-11-8-12-20-21(19)24-23(30-20)26(15-17-9-6-5-7-10-17)22(28)18-13-14-27(25-18)16(2)3/h5-14,16H,4,15H2,1-3H3. The van der Waals surface area contributed by atoms with Crippen LogP contribution >= 0.6 is 11.3 Å². The zero-order valence-electron chi connectivity index (χ0n) is 17.3. The van der Waals surface area contributed by atoms with Gasteiger partial charge in [0.05, 0.1) is 17.9 Å². The number of hydrogen-bond donors (Lipinski definition) is 0. The number of carbonyl (C=O) groups is 1. The summed E-state index contributed by atoms with van der Waals surface area (Å²) in [6, 6.07) is 17.7. The quantitative estimate of drug-likeness (QED) is 0.406. The number of benzene rings is 2. The molecule has 0 unspecified atom stereocenters. The van der Waals surface area contributed by atoms with Gasteiger partial charge in [0.25, 0.3) is 5.91 Å². The van der Waals surface area contributed by atoms with Crippen LogP contribution in [0.3, 0.4) is 0 Å². The molecule has 2 aromatic heterocycles. The van der Waals surface area contributed by atoms with E-state index in [9.17, 15) is 4.79 Å². The van der Waals surface area contributed by atoms with Gasteiger partial charge in [-0.3, -0.25) is 14.4 Å². The molecule has 0 saturated heterocycles. The minimum atomic E-state index is -0.171. The number of thiazole rings is 1. The van der Waals surface area contributed by atoms with Crippen LogP contribution in [0, 0.1) is 0 Å². The third-order valence-corrected chi connectivity index (χ3v) is 5.73. The number of aromatic nitrogens is 3. The highest BCUT2D eigenvalue weighted by Crippen LogP contribution is 2.35. The van der Waals surface area contributed by atoms with Crippen molar-refractivity contribution in [2.24, 2.45) is 0 Å². The lowest BCUT2D eigenvalue weighted by Gasteiger charge is -2.19. The summed E-state index contributed by atoms with van der Waals surface area (Å²) in [7, 11) is 0. The first-order chi connectivity index (χ1) is 14.6. The van der Waals surface area contributed by atoms with Crippen LogP contribution in [0.1, 0.15) is 42.9 Å². The molecule has 0 aliphatic rings. The predicted molar refractivity (Wildman–Crippen MR) is 120 cm³/mol. The van der Waals surface area contributed by atoms with E-state index in [-0.39, 0.29) is 11.9 Å². The molecule has 0 N–H and O–H groups in total. The highest BCUT2D eigenvalue weighted by molar-refractivity contribution is 7.22. The second kappa shape index (κ2) is 8.67. The zero-order chi connectivity index (χ0) is 21.1. The first-order valence-electron chi connectivity index (χ1n) is 10.00. The summed E-state index contributed by atoms with van der Waals surface area (Å²) >= 11 is 1.48. The minimum Gasteiger partial charge on any atom is -0.492 e. The first-order valence-corrected chi connectivity index (χ1v) is 10.8. The number of para-hydroxylation sites is 1. The van der Waals surface area contributed by atoms with Gasteiger partial charge < -0.3 is 4.74 Å². The molecule has 0 saturated carbocycles. The molecule has 0 bridgehead atoms. The highest BCUT2D eigenvalue weighted by Gasteiger charge is 2.24. The molecule has 0 aliphatic carbocycles. The van der Waals surface area contributed by atoms with Gasteiger partial charge in [0, 0.05) is 12.2 Å². The first kappa shape index (κ1) is 20.1. The van der Waals surface area contributed by atoms with Crippen LogP contribution < -0.4 is 9.64 Å². The van der Waals surface area contributed by atoms with Crippen LogP contribution in [0.25, 0.3) is 10.2 Å². The molecule has 0 aliphatic heterocycles. The fourth-order valence-electron chi connectivity index (χ4n) is 3.17. The van der Waals surface area contributed by atoms with Gasteiger partial charge >= 0.3 is 0 Å². The lowest BCUT2D eigenvalue weighted by Crippen LogP contribution is -2.30. The van der Waals surface area contributed by atoms with E-state index < -0.39 is 0 Å². The van der Waals surface area contributed by atoms with Crippen molar-refractivity contribution < 1.29 is 9.53 Å². The molecule has 2 aromatic carbocycles. The number of nitrogens with zero attached hydrogens (tertiary/aromatic N) is 4. The lowest BCUT2D eigenvalue weighted by atomic mass is 10.2. The van der Waals surface area contributed by atoms with Crippen molar-refractivity contribution in [3.05, 3.63) is 72.1 Å². The van der Waals surface area contributed by atoms with Gasteiger partial charge in [0.1, 0.15) is 11.3 Å². The number of anilines is 1. The molecule has 154 valence electrons. The van der Waals surface area contributed by atoms with Gasteiger partial charge in [-0.15, -0.1) is 0 Å². The van der Waals surface area contributed by atoms with Crippen molar-refractivity contribution in [1.82, 2.24) is 14.8 Å². The number of rotatable bonds is 7. The molecule has 0 atom stereocenters. The maximum atomic E-state index is 13.5. The third kappa shape index (κ3) is 4.07. The molecule has 0 fully saturated rings. The fourth-order valence-corrected chi connectivity index (χ4v) is 4.15. The summed E-state index contributed by atoms with van der Waals surface area (Å²) in [5.41, 5.74) is 2.21. The van der Waals surface area contributed by atoms with E-state index >= 15 is 0 Å². The van der Waals surface area contributed by atoms with Crippen molar-refractivity contribution in [2.75, 3.05) is 11.5 Å². The average molecular weight is 421 g/mol. The normalized spacial score (nSPS) is 11.2. The summed E-state index contributed by atoms with van der Waals surface area (Å²) in [5.74, 6) is 0.559. The van der Waals surface area contributed by atoms with E-state index in [4.69, 9.17) is 9.72 Å². The Morgan fingerprint density at radius 1 is 1.13 bits per heavy atom. The van der Waals surface area contributed by atoms with Crippen LogP contribution in [0.4, 0.5) is 5.13 Å². The summed E-state index contributed by atoms with van der Waals surface area (Å²) in [5, 5.41) is 5.11. The maximum Gasteiger partial charge on any atom is 0.280 e. The van der Waals surface area contributed by atoms with E-state index in [1.165, 1.54) is 11.3 Å². The Morgan fingerprint density at radius 2 is 1.93 bits per heavy atom. The number of carbonyl (C=O) groups excluding carboxylic acids is 1. The Balaban J connectivity index is 1.76. The smallest absolute Gasteiger partial charge is 0.280 e. The Labute approximate surface area is 179 Å². The van der Waals surface area contributed by atoms with Crippen molar-refractivity contribution in [3.8, 4) is 5.75 Å². The number of ether oxygens (including phenoxy) is 1. The number of hydrogen-bond acceptors (Lipinski definition) is 5. The second-order valence-electron chi connectivity index (χ2n) is 7.18. The van der Waals surface area contributed by atoms with E-state index in [2.05, 4.69) is 5.10 Å².